The van der Waals surface area contributed by atoms with Gasteiger partial charge in [0.1, 0.15) is 5.75 Å². The fourth-order valence-corrected chi connectivity index (χ4v) is 3.11. The van der Waals surface area contributed by atoms with Crippen molar-refractivity contribution in [3.05, 3.63) is 29.8 Å². The number of ether oxygens (including phenoxy) is 1. The predicted molar refractivity (Wildman–Crippen MR) is 107 cm³/mol. The Morgan fingerprint density at radius 3 is 1.56 bits per heavy atom. The average molecular weight is 346 g/mol. The fourth-order valence-electron chi connectivity index (χ4n) is 3.11. The molecular weight excluding hydrogens is 308 g/mol. The van der Waals surface area contributed by atoms with Crippen molar-refractivity contribution in [2.75, 3.05) is 6.61 Å². The third kappa shape index (κ3) is 12.7. The molecule has 0 heterocycles. The molecule has 0 spiro atoms. The van der Waals surface area contributed by atoms with E-state index in [4.69, 9.17) is 4.74 Å². The third-order valence-corrected chi connectivity index (χ3v) is 4.74. The molecule has 25 heavy (non-hydrogen) atoms. The van der Waals surface area contributed by atoms with E-state index < -0.39 is 0 Å². The lowest BCUT2D eigenvalue weighted by Crippen LogP contribution is -1.97. The van der Waals surface area contributed by atoms with Crippen molar-refractivity contribution >= 4 is 6.29 Å². The molecule has 0 aliphatic heterocycles. The molecule has 0 amide bonds. The van der Waals surface area contributed by atoms with Gasteiger partial charge in [-0.1, -0.05) is 90.4 Å². The zero-order valence-corrected chi connectivity index (χ0v) is 16.2. The maximum atomic E-state index is 10.5. The lowest BCUT2D eigenvalue weighted by Gasteiger charge is -2.06. The molecule has 141 valence electrons. The van der Waals surface area contributed by atoms with Crippen molar-refractivity contribution in [1.82, 2.24) is 0 Å². The van der Waals surface area contributed by atoms with Crippen molar-refractivity contribution in [1.29, 1.82) is 0 Å². The number of hydrogen-bond donors (Lipinski definition) is 0. The Balaban J connectivity index is 1.79. The summed E-state index contributed by atoms with van der Waals surface area (Å²) < 4.78 is 5.68. The topological polar surface area (TPSA) is 26.3 Å². The van der Waals surface area contributed by atoms with Gasteiger partial charge in [0.25, 0.3) is 0 Å². The van der Waals surface area contributed by atoms with Crippen LogP contribution in [0.5, 0.6) is 5.75 Å². The summed E-state index contributed by atoms with van der Waals surface area (Å²) in [4.78, 5) is 10.5. The summed E-state index contributed by atoms with van der Waals surface area (Å²) in [6, 6.07) is 7.16. The summed E-state index contributed by atoms with van der Waals surface area (Å²) in [5, 5.41) is 0. The molecule has 2 nitrogen and oxygen atoms in total. The van der Waals surface area contributed by atoms with Crippen LogP contribution in [0.2, 0.25) is 0 Å². The number of hydrogen-bond acceptors (Lipinski definition) is 2. The molecule has 0 aromatic heterocycles. The summed E-state index contributed by atoms with van der Waals surface area (Å²) in [7, 11) is 0. The Bertz CT molecular complexity index is 411. The normalized spacial score (nSPS) is 10.8. The van der Waals surface area contributed by atoms with Crippen LogP contribution in [-0.4, -0.2) is 12.9 Å². The molecule has 0 aliphatic rings. The smallest absolute Gasteiger partial charge is 0.233 e. The zero-order valence-electron chi connectivity index (χ0n) is 16.2. The van der Waals surface area contributed by atoms with E-state index in [-0.39, 0.29) is 0 Å². The van der Waals surface area contributed by atoms with Crippen LogP contribution in [0.4, 0.5) is 0 Å². The standard InChI is InChI=1S/C23H37O2/c1-2-3-4-5-6-7-8-9-10-11-12-13-14-15-20-25-23-18-16-22(21-24)17-19-23/h16-19H,2-15,20H2,1H3. The monoisotopic (exact) mass is 345 g/mol. The molecule has 2 heteroatoms. The molecule has 1 aromatic rings. The van der Waals surface area contributed by atoms with Crippen LogP contribution < -0.4 is 4.74 Å². The maximum absolute atomic E-state index is 10.5. The van der Waals surface area contributed by atoms with Gasteiger partial charge in [0.15, 0.2) is 0 Å². The van der Waals surface area contributed by atoms with Crippen LogP contribution in [0.15, 0.2) is 24.3 Å². The van der Waals surface area contributed by atoms with Crippen molar-refractivity contribution in [3.63, 3.8) is 0 Å². The van der Waals surface area contributed by atoms with Gasteiger partial charge in [-0.05, 0) is 30.7 Å². The van der Waals surface area contributed by atoms with Crippen LogP contribution >= 0.6 is 0 Å². The molecule has 0 saturated carbocycles. The van der Waals surface area contributed by atoms with Gasteiger partial charge in [-0.25, -0.2) is 0 Å². The van der Waals surface area contributed by atoms with Crippen molar-refractivity contribution in [2.45, 2.75) is 96.8 Å². The number of carbonyl (C=O) groups excluding carboxylic acids is 1. The molecular formula is C23H37O2. The van der Waals surface area contributed by atoms with Gasteiger partial charge in [-0.15, -0.1) is 0 Å². The van der Waals surface area contributed by atoms with Gasteiger partial charge in [-0.3, -0.25) is 4.79 Å². The minimum Gasteiger partial charge on any atom is -0.494 e. The molecule has 1 rings (SSSR count). The highest BCUT2D eigenvalue weighted by Gasteiger charge is 1.97. The first-order valence-electron chi connectivity index (χ1n) is 10.5. The Morgan fingerprint density at radius 2 is 1.12 bits per heavy atom. The maximum Gasteiger partial charge on any atom is 0.233 e. The first kappa shape index (κ1) is 21.7. The second-order valence-corrected chi connectivity index (χ2v) is 7.07. The second kappa shape index (κ2) is 16.2. The Labute approximate surface area is 155 Å². The molecule has 1 radical (unpaired) electrons. The second-order valence-electron chi connectivity index (χ2n) is 7.07. The van der Waals surface area contributed by atoms with Gasteiger partial charge >= 0.3 is 0 Å². The Kier molecular flexibility index (Phi) is 14.1. The van der Waals surface area contributed by atoms with Crippen LogP contribution in [0.3, 0.4) is 0 Å². The summed E-state index contributed by atoms with van der Waals surface area (Å²) >= 11 is 0. The molecule has 0 atom stereocenters. The van der Waals surface area contributed by atoms with Crippen LogP contribution in [0.1, 0.15) is 102 Å². The summed E-state index contributed by atoms with van der Waals surface area (Å²) in [6.07, 6.45) is 21.1. The number of benzene rings is 1. The SMILES string of the molecule is CCCCCCCCCCCCCCCCOc1ccc([C]=O)cc1. The predicted octanol–water partition coefficient (Wildman–Crippen LogP) is 7.00. The highest BCUT2D eigenvalue weighted by Crippen LogP contribution is 2.14. The van der Waals surface area contributed by atoms with Gasteiger partial charge < -0.3 is 4.74 Å². The van der Waals surface area contributed by atoms with Crippen molar-refractivity contribution in [2.24, 2.45) is 0 Å². The fraction of sp³-hybridized carbons (Fsp3) is 0.696. The quantitative estimate of drug-likeness (QED) is 0.284. The minimum atomic E-state index is 0.573. The van der Waals surface area contributed by atoms with E-state index in [0.717, 1.165) is 18.8 Å². The van der Waals surface area contributed by atoms with E-state index >= 15 is 0 Å². The number of rotatable bonds is 17. The Morgan fingerprint density at radius 1 is 0.680 bits per heavy atom. The van der Waals surface area contributed by atoms with E-state index in [1.54, 1.807) is 12.1 Å². The molecule has 0 N–H and O–H groups in total. The number of unbranched alkanes of at least 4 members (excludes halogenated alkanes) is 13. The molecule has 0 saturated heterocycles. The molecule has 1 aromatic carbocycles. The minimum absolute atomic E-state index is 0.573. The summed E-state index contributed by atoms with van der Waals surface area (Å²) in [6.45, 7) is 3.04. The van der Waals surface area contributed by atoms with E-state index in [1.807, 2.05) is 18.4 Å². The summed E-state index contributed by atoms with van der Waals surface area (Å²) in [5.41, 5.74) is 0.573. The lowest BCUT2D eigenvalue weighted by atomic mass is 10.0. The zero-order chi connectivity index (χ0) is 18.0. The molecule has 0 unspecified atom stereocenters. The Hall–Kier alpha value is -1.31. The van der Waals surface area contributed by atoms with Crippen LogP contribution in [0, 0.1) is 0 Å². The van der Waals surface area contributed by atoms with Gasteiger partial charge in [0.2, 0.25) is 6.29 Å². The third-order valence-electron chi connectivity index (χ3n) is 4.74. The lowest BCUT2D eigenvalue weighted by molar-refractivity contribution is 0.304. The highest BCUT2D eigenvalue weighted by atomic mass is 16.5. The first-order chi connectivity index (χ1) is 12.4. The van der Waals surface area contributed by atoms with Gasteiger partial charge in [0.05, 0.1) is 6.61 Å². The molecule has 0 fully saturated rings. The molecule has 0 bridgehead atoms. The van der Waals surface area contributed by atoms with E-state index in [1.165, 1.54) is 83.5 Å². The van der Waals surface area contributed by atoms with E-state index in [2.05, 4.69) is 6.92 Å². The summed E-state index contributed by atoms with van der Waals surface area (Å²) in [5.74, 6) is 0.841. The van der Waals surface area contributed by atoms with Crippen molar-refractivity contribution < 1.29 is 9.53 Å². The average Bonchev–Trinajstić information content (AvgIpc) is 2.65. The molecule has 0 aliphatic carbocycles. The van der Waals surface area contributed by atoms with Gasteiger partial charge in [0, 0.05) is 5.56 Å². The largest absolute Gasteiger partial charge is 0.494 e. The van der Waals surface area contributed by atoms with E-state index in [0.29, 0.717) is 5.56 Å². The van der Waals surface area contributed by atoms with Crippen LogP contribution in [0.25, 0.3) is 0 Å². The van der Waals surface area contributed by atoms with Crippen molar-refractivity contribution in [3.8, 4) is 5.75 Å². The first-order valence-corrected chi connectivity index (χ1v) is 10.5. The van der Waals surface area contributed by atoms with Gasteiger partial charge in [-0.2, -0.15) is 0 Å². The van der Waals surface area contributed by atoms with Crippen LogP contribution in [-0.2, 0) is 4.79 Å². The van der Waals surface area contributed by atoms with E-state index in [9.17, 15) is 4.79 Å². The highest BCUT2D eigenvalue weighted by molar-refractivity contribution is 5.75.